The summed E-state index contributed by atoms with van der Waals surface area (Å²) >= 11 is 0. The molecule has 0 bridgehead atoms. The number of alkyl halides is 3. The second-order valence-corrected chi connectivity index (χ2v) is 16.2. The van der Waals surface area contributed by atoms with Crippen LogP contribution in [0.4, 0.5) is 18.0 Å². The average molecular weight is 889 g/mol. The predicted octanol–water partition coefficient (Wildman–Crippen LogP) is 6.98. The summed E-state index contributed by atoms with van der Waals surface area (Å²) in [7, 11) is 1.44. The zero-order valence-electron chi connectivity index (χ0n) is 36.0. The second-order valence-electron chi connectivity index (χ2n) is 16.2. The van der Waals surface area contributed by atoms with Crippen LogP contribution in [0.25, 0.3) is 44.8 Å². The number of aromatic nitrogens is 6. The molecule has 17 nitrogen and oxygen atoms in total. The Hall–Kier alpha value is -6.86. The van der Waals surface area contributed by atoms with E-state index in [1.165, 1.54) is 14.0 Å². The average Bonchev–Trinajstić information content (AvgIpc) is 4.10. The predicted molar refractivity (Wildman–Crippen MR) is 228 cm³/mol. The lowest BCUT2D eigenvalue weighted by Crippen LogP contribution is -2.51. The molecular weight excluding hydrogens is 838 g/mol. The van der Waals surface area contributed by atoms with Gasteiger partial charge in [0.2, 0.25) is 17.7 Å². The Morgan fingerprint density at radius 1 is 0.844 bits per heavy atom. The summed E-state index contributed by atoms with van der Waals surface area (Å²) < 4.78 is 31.7. The van der Waals surface area contributed by atoms with Crippen molar-refractivity contribution < 1.29 is 47.4 Å². The summed E-state index contributed by atoms with van der Waals surface area (Å²) in [5.41, 5.74) is 6.48. The first kappa shape index (κ1) is 46.6. The van der Waals surface area contributed by atoms with Crippen LogP contribution in [-0.4, -0.2) is 123 Å². The van der Waals surface area contributed by atoms with Crippen molar-refractivity contribution in [3.63, 3.8) is 0 Å². The number of carbonyl (C=O) groups excluding carboxylic acids is 3. The Labute approximate surface area is 366 Å². The molecule has 0 spiro atoms. The van der Waals surface area contributed by atoms with Gasteiger partial charge in [-0.1, -0.05) is 57.5 Å². The minimum atomic E-state index is -5.08. The van der Waals surface area contributed by atoms with Crippen molar-refractivity contribution in [1.29, 1.82) is 0 Å². The minimum Gasteiger partial charge on any atom is -0.475 e. The first-order valence-corrected chi connectivity index (χ1v) is 21.0. The van der Waals surface area contributed by atoms with Crippen molar-refractivity contribution in [2.24, 2.45) is 5.92 Å². The number of nitrogens with one attached hydrogen (secondary N) is 3. The molecule has 0 aliphatic carbocycles. The zero-order valence-corrected chi connectivity index (χ0v) is 36.0. The Morgan fingerprint density at radius 3 is 2.02 bits per heavy atom. The lowest BCUT2D eigenvalue weighted by atomic mass is 10.0. The molecule has 4 amide bonds. The first-order valence-electron chi connectivity index (χ1n) is 21.0. The number of rotatable bonds is 12. The van der Waals surface area contributed by atoms with Gasteiger partial charge >= 0.3 is 18.2 Å². The number of aliphatic carboxylic acids is 1. The van der Waals surface area contributed by atoms with Gasteiger partial charge in [-0.15, -0.1) is 0 Å². The summed E-state index contributed by atoms with van der Waals surface area (Å²) in [5.74, 6) is -2.01. The van der Waals surface area contributed by atoms with E-state index in [1.54, 1.807) is 17.3 Å². The first-order chi connectivity index (χ1) is 30.4. The van der Waals surface area contributed by atoms with Crippen LogP contribution in [0, 0.1) is 5.92 Å². The molecule has 20 heteroatoms. The van der Waals surface area contributed by atoms with Crippen LogP contribution < -0.4 is 5.32 Å². The van der Waals surface area contributed by atoms with Crippen LogP contribution in [0.1, 0.15) is 90.0 Å². The molecule has 5 heterocycles. The standard InChI is InChI=1S/C42H50N10O5.C2HF3O2/c1-6-9-30(46-25(4)53)40(54)51-18-7-10-35(51)38-45-23-34(49-38)28-16-17-29-31(20-28)43-21-32(47-29)26-12-14-27(15-13-26)33-22-44-39(48-33)36-11-8-19-52(36)41(55)37(24(2)3)50(5)42(56)57;3-2(4,5)1(6)7/h12-17,20-24,30,35-37H,6-11,18-19H2,1-5H3,(H,44,48)(H,45,49)(H,46,53)(H,56,57);(H,6,7)/t30-,35-,36-,37-;/m0./s1. The number of likely N-dealkylation sites (tertiary alicyclic amines) is 2. The van der Waals surface area contributed by atoms with Crippen molar-refractivity contribution >= 4 is 40.8 Å². The smallest absolute Gasteiger partial charge is 0.475 e. The van der Waals surface area contributed by atoms with Gasteiger partial charge in [-0.05, 0) is 50.2 Å². The number of carboxylic acid groups (broad SMARTS) is 2. The maximum Gasteiger partial charge on any atom is 0.490 e. The van der Waals surface area contributed by atoms with Gasteiger partial charge in [0, 0.05) is 49.9 Å². The van der Waals surface area contributed by atoms with Gasteiger partial charge in [-0.2, -0.15) is 13.2 Å². The highest BCUT2D eigenvalue weighted by Gasteiger charge is 2.40. The summed E-state index contributed by atoms with van der Waals surface area (Å²) in [6.45, 7) is 8.33. The number of carboxylic acids is 1. The third kappa shape index (κ3) is 10.5. The number of aromatic amines is 2. The van der Waals surface area contributed by atoms with Gasteiger partial charge in [0.15, 0.2) is 0 Å². The van der Waals surface area contributed by atoms with E-state index in [0.717, 1.165) is 87.6 Å². The summed E-state index contributed by atoms with van der Waals surface area (Å²) in [6, 6.07) is 12.1. The molecule has 5 aromatic rings. The Balaban J connectivity index is 0.000000898. The van der Waals surface area contributed by atoms with Crippen LogP contribution in [0.5, 0.6) is 0 Å². The zero-order chi connectivity index (χ0) is 46.5. The Kier molecular flexibility index (Phi) is 14.3. The number of imidazole rings is 2. The second kappa shape index (κ2) is 19.7. The number of nitrogens with zero attached hydrogens (tertiary/aromatic N) is 7. The van der Waals surface area contributed by atoms with E-state index < -0.39 is 30.3 Å². The molecule has 0 radical (unpaired) electrons. The molecule has 3 aromatic heterocycles. The fourth-order valence-electron chi connectivity index (χ4n) is 8.24. The molecule has 4 atom stereocenters. The number of benzene rings is 2. The fourth-order valence-corrected chi connectivity index (χ4v) is 8.24. The maximum absolute atomic E-state index is 13.6. The molecule has 5 N–H and O–H groups in total. The van der Waals surface area contributed by atoms with Crippen LogP contribution in [0.3, 0.4) is 0 Å². The van der Waals surface area contributed by atoms with E-state index in [2.05, 4.69) is 20.3 Å². The largest absolute Gasteiger partial charge is 0.490 e. The van der Waals surface area contributed by atoms with E-state index >= 15 is 0 Å². The number of likely N-dealkylation sites (N-methyl/N-ethyl adjacent to an activating group) is 1. The van der Waals surface area contributed by atoms with E-state index in [4.69, 9.17) is 24.9 Å². The molecule has 0 unspecified atom stereocenters. The molecule has 0 saturated carbocycles. The van der Waals surface area contributed by atoms with Gasteiger partial charge < -0.3 is 35.3 Å². The Bertz CT molecular complexity index is 2490. The molecule has 2 aromatic carbocycles. The van der Waals surface area contributed by atoms with E-state index in [9.17, 15) is 37.5 Å². The quantitative estimate of drug-likeness (QED) is 0.0858. The van der Waals surface area contributed by atoms with Crippen molar-refractivity contribution in [1.82, 2.24) is 49.9 Å². The summed E-state index contributed by atoms with van der Waals surface area (Å²) in [4.78, 5) is 90.1. The normalized spacial score (nSPS) is 17.2. The number of amides is 4. The van der Waals surface area contributed by atoms with E-state index in [1.807, 2.05) is 74.3 Å². The lowest BCUT2D eigenvalue weighted by Gasteiger charge is -2.33. The van der Waals surface area contributed by atoms with Gasteiger partial charge in [0.25, 0.3) is 0 Å². The molecular formula is C44H51F3N10O7. The summed E-state index contributed by atoms with van der Waals surface area (Å²) in [6.07, 6.45) is 3.76. The Morgan fingerprint density at radius 2 is 1.44 bits per heavy atom. The van der Waals surface area contributed by atoms with Crippen molar-refractivity contribution in [2.75, 3.05) is 20.1 Å². The van der Waals surface area contributed by atoms with Crippen LogP contribution in [-0.2, 0) is 19.2 Å². The number of hydrogen-bond acceptors (Lipinski definition) is 9. The molecule has 2 saturated heterocycles. The molecule has 2 aliphatic heterocycles. The topological polar surface area (TPSA) is 231 Å². The van der Waals surface area contributed by atoms with Crippen molar-refractivity contribution in [3.05, 3.63) is 72.7 Å². The van der Waals surface area contributed by atoms with Crippen molar-refractivity contribution in [2.45, 2.75) is 96.6 Å². The molecule has 2 aliphatic rings. The van der Waals surface area contributed by atoms with E-state index in [0.29, 0.717) is 25.3 Å². The number of carbonyl (C=O) groups is 5. The van der Waals surface area contributed by atoms with Gasteiger partial charge in [0.05, 0.1) is 52.6 Å². The third-order valence-electron chi connectivity index (χ3n) is 11.3. The molecule has 2 fully saturated rings. The lowest BCUT2D eigenvalue weighted by molar-refractivity contribution is -0.192. The minimum absolute atomic E-state index is 0.0695. The maximum atomic E-state index is 13.6. The van der Waals surface area contributed by atoms with Gasteiger partial charge in [0.1, 0.15) is 23.7 Å². The highest BCUT2D eigenvalue weighted by molar-refractivity contribution is 5.88. The summed E-state index contributed by atoms with van der Waals surface area (Å²) in [5, 5.41) is 19.5. The van der Waals surface area contributed by atoms with Crippen molar-refractivity contribution in [3.8, 4) is 33.8 Å². The van der Waals surface area contributed by atoms with Gasteiger partial charge in [-0.3, -0.25) is 24.3 Å². The highest BCUT2D eigenvalue weighted by Crippen LogP contribution is 2.35. The fraction of sp³-hybridized carbons (Fsp3) is 0.432. The number of H-pyrrole nitrogens is 2. The van der Waals surface area contributed by atoms with Crippen LogP contribution >= 0.6 is 0 Å². The number of halogens is 3. The SMILES string of the molecule is CCC[C@H](NC(C)=O)C(=O)N1CCC[C@H]1c1ncc(-c2ccc3nc(-c4ccc(-c5c[nH]c([C@@H]6CCCN6C(=O)[C@H](C(C)C)N(C)C(=O)O)n5)cc4)cnc3c2)[nH]1.O=C(O)C(F)(F)F. The van der Waals surface area contributed by atoms with E-state index in [-0.39, 0.29) is 35.7 Å². The van der Waals surface area contributed by atoms with Crippen LogP contribution in [0.15, 0.2) is 61.1 Å². The number of fused-ring (bicyclic) bond motifs is 1. The monoisotopic (exact) mass is 888 g/mol. The molecule has 64 heavy (non-hydrogen) atoms. The molecule has 7 rings (SSSR count). The highest BCUT2D eigenvalue weighted by atomic mass is 19.4. The van der Waals surface area contributed by atoms with Crippen LogP contribution in [0.2, 0.25) is 0 Å². The molecule has 340 valence electrons. The number of hydrogen-bond donors (Lipinski definition) is 5. The third-order valence-corrected chi connectivity index (χ3v) is 11.3. The van der Waals surface area contributed by atoms with Gasteiger partial charge in [-0.25, -0.2) is 24.5 Å².